The Morgan fingerprint density at radius 2 is 2.07 bits per heavy atom. The molecule has 1 atom stereocenters. The number of nitrogens with zero attached hydrogens (tertiary/aromatic N) is 4. The van der Waals surface area contributed by atoms with Gasteiger partial charge in [-0.15, -0.1) is 0 Å². The van der Waals surface area contributed by atoms with E-state index in [9.17, 15) is 4.79 Å². The minimum atomic E-state index is 0.00962. The largest absolute Gasteiger partial charge is 0.456 e. The first kappa shape index (κ1) is 20.1. The predicted octanol–water partition coefficient (Wildman–Crippen LogP) is 3.73. The van der Waals surface area contributed by atoms with Gasteiger partial charge >= 0.3 is 0 Å². The quantitative estimate of drug-likeness (QED) is 0.648. The zero-order chi connectivity index (χ0) is 20.8. The first-order chi connectivity index (χ1) is 14.7. The van der Waals surface area contributed by atoms with Crippen LogP contribution in [-0.4, -0.2) is 45.0 Å². The van der Waals surface area contributed by atoms with Gasteiger partial charge in [0.05, 0.1) is 12.7 Å². The molecule has 1 fully saturated rings. The molecule has 0 aliphatic carbocycles. The summed E-state index contributed by atoms with van der Waals surface area (Å²) in [5.74, 6) is 2.98. The Balaban J connectivity index is 1.26. The van der Waals surface area contributed by atoms with Crippen LogP contribution in [0.3, 0.4) is 0 Å². The summed E-state index contributed by atoms with van der Waals surface area (Å²) in [6, 6.07) is 11.1. The third-order valence-electron chi connectivity index (χ3n) is 5.36. The van der Waals surface area contributed by atoms with Crippen LogP contribution in [0.4, 0.5) is 5.69 Å². The number of rotatable bonds is 7. The van der Waals surface area contributed by atoms with Gasteiger partial charge in [0.15, 0.2) is 0 Å². The number of carbonyl (C=O) groups is 1. The molecule has 3 heterocycles. The summed E-state index contributed by atoms with van der Waals surface area (Å²) in [5.41, 5.74) is 0.765. The van der Waals surface area contributed by atoms with Crippen LogP contribution in [0.25, 0.3) is 0 Å². The standard InChI is InChI=1S/C23H27N5O2/c1-18-25-11-13-28(18)16-19-4-3-12-27(15-19)17-23(29)26-20-6-8-21(9-7-20)30-22-5-2-10-24-14-22/h2,5-11,13-14,19H,3-4,12,15-17H2,1H3,(H,26,29). The molecule has 156 valence electrons. The SMILES string of the molecule is Cc1nccn1CC1CCCN(CC(=O)Nc2ccc(Oc3cccnc3)cc2)C1. The number of benzene rings is 1. The van der Waals surface area contributed by atoms with Crippen LogP contribution in [0.1, 0.15) is 18.7 Å². The Labute approximate surface area is 176 Å². The molecule has 0 saturated carbocycles. The number of hydrogen-bond donors (Lipinski definition) is 1. The topological polar surface area (TPSA) is 72.3 Å². The summed E-state index contributed by atoms with van der Waals surface area (Å²) in [6.45, 7) is 5.30. The maximum atomic E-state index is 12.5. The number of ether oxygens (including phenoxy) is 1. The van der Waals surface area contributed by atoms with E-state index in [0.29, 0.717) is 24.0 Å². The number of anilines is 1. The lowest BCUT2D eigenvalue weighted by molar-refractivity contribution is -0.117. The zero-order valence-electron chi connectivity index (χ0n) is 17.2. The van der Waals surface area contributed by atoms with Gasteiger partial charge in [-0.25, -0.2) is 4.98 Å². The highest BCUT2D eigenvalue weighted by Gasteiger charge is 2.22. The number of aryl methyl sites for hydroxylation is 1. The summed E-state index contributed by atoms with van der Waals surface area (Å²) in [7, 11) is 0. The van der Waals surface area contributed by atoms with Gasteiger partial charge in [0.25, 0.3) is 0 Å². The lowest BCUT2D eigenvalue weighted by atomic mass is 9.98. The molecular weight excluding hydrogens is 378 g/mol. The molecule has 0 radical (unpaired) electrons. The van der Waals surface area contributed by atoms with Crippen LogP contribution >= 0.6 is 0 Å². The number of imidazole rings is 1. The van der Waals surface area contributed by atoms with Crippen LogP contribution in [-0.2, 0) is 11.3 Å². The monoisotopic (exact) mass is 405 g/mol. The van der Waals surface area contributed by atoms with E-state index in [1.165, 1.54) is 6.42 Å². The van der Waals surface area contributed by atoms with E-state index in [1.54, 1.807) is 12.4 Å². The van der Waals surface area contributed by atoms with Gasteiger partial charge in [-0.05, 0) is 68.6 Å². The third-order valence-corrected chi connectivity index (χ3v) is 5.36. The molecule has 0 spiro atoms. The molecule has 1 unspecified atom stereocenters. The van der Waals surface area contributed by atoms with Crippen LogP contribution in [0, 0.1) is 12.8 Å². The number of carbonyl (C=O) groups excluding carboxylic acids is 1. The van der Waals surface area contributed by atoms with Crippen molar-refractivity contribution in [3.8, 4) is 11.5 Å². The average Bonchev–Trinajstić information content (AvgIpc) is 3.15. The van der Waals surface area contributed by atoms with E-state index in [-0.39, 0.29) is 5.91 Å². The number of likely N-dealkylation sites (tertiary alicyclic amines) is 1. The number of amides is 1. The minimum Gasteiger partial charge on any atom is -0.456 e. The fourth-order valence-corrected chi connectivity index (χ4v) is 3.87. The lowest BCUT2D eigenvalue weighted by Gasteiger charge is -2.32. The highest BCUT2D eigenvalue weighted by atomic mass is 16.5. The van der Waals surface area contributed by atoms with E-state index in [2.05, 4.69) is 24.8 Å². The summed E-state index contributed by atoms with van der Waals surface area (Å²) in [5, 5.41) is 2.99. The van der Waals surface area contributed by atoms with Crippen molar-refractivity contribution in [3.05, 3.63) is 67.0 Å². The van der Waals surface area contributed by atoms with Gasteiger partial charge in [-0.2, -0.15) is 0 Å². The molecular formula is C23H27N5O2. The molecule has 4 rings (SSSR count). The van der Waals surface area contributed by atoms with Crippen molar-refractivity contribution in [2.45, 2.75) is 26.3 Å². The lowest BCUT2D eigenvalue weighted by Crippen LogP contribution is -2.41. The van der Waals surface area contributed by atoms with Gasteiger partial charge < -0.3 is 14.6 Å². The van der Waals surface area contributed by atoms with Crippen molar-refractivity contribution in [2.75, 3.05) is 25.0 Å². The van der Waals surface area contributed by atoms with Crippen molar-refractivity contribution in [1.29, 1.82) is 0 Å². The van der Waals surface area contributed by atoms with E-state index < -0.39 is 0 Å². The summed E-state index contributed by atoms with van der Waals surface area (Å²) >= 11 is 0. The van der Waals surface area contributed by atoms with Crippen LogP contribution in [0.15, 0.2) is 61.2 Å². The van der Waals surface area contributed by atoms with Gasteiger partial charge in [-0.1, -0.05) is 0 Å². The Morgan fingerprint density at radius 3 is 2.80 bits per heavy atom. The van der Waals surface area contributed by atoms with E-state index in [0.717, 1.165) is 37.6 Å². The van der Waals surface area contributed by atoms with Gasteiger partial charge in [0.2, 0.25) is 5.91 Å². The Morgan fingerprint density at radius 1 is 1.20 bits per heavy atom. The Bertz CT molecular complexity index is 955. The van der Waals surface area contributed by atoms with Crippen LogP contribution in [0.5, 0.6) is 11.5 Å². The fraction of sp³-hybridized carbons (Fsp3) is 0.348. The van der Waals surface area contributed by atoms with Crippen molar-refractivity contribution in [1.82, 2.24) is 19.4 Å². The number of hydrogen-bond acceptors (Lipinski definition) is 5. The van der Waals surface area contributed by atoms with E-state index in [1.807, 2.05) is 55.7 Å². The van der Waals surface area contributed by atoms with Crippen LogP contribution in [0.2, 0.25) is 0 Å². The first-order valence-corrected chi connectivity index (χ1v) is 10.3. The molecule has 1 N–H and O–H groups in total. The number of piperidine rings is 1. The Hall–Kier alpha value is -3.19. The second-order valence-electron chi connectivity index (χ2n) is 7.73. The molecule has 1 saturated heterocycles. The van der Waals surface area contributed by atoms with E-state index >= 15 is 0 Å². The zero-order valence-corrected chi connectivity index (χ0v) is 17.2. The first-order valence-electron chi connectivity index (χ1n) is 10.3. The highest BCUT2D eigenvalue weighted by Crippen LogP contribution is 2.22. The normalized spacial score (nSPS) is 16.9. The molecule has 7 heteroatoms. The fourth-order valence-electron chi connectivity index (χ4n) is 3.87. The molecule has 3 aromatic rings. The Kier molecular flexibility index (Phi) is 6.39. The highest BCUT2D eigenvalue weighted by molar-refractivity contribution is 5.92. The van der Waals surface area contributed by atoms with Crippen molar-refractivity contribution in [2.24, 2.45) is 5.92 Å². The van der Waals surface area contributed by atoms with E-state index in [4.69, 9.17) is 4.74 Å². The molecule has 30 heavy (non-hydrogen) atoms. The second-order valence-corrected chi connectivity index (χ2v) is 7.73. The van der Waals surface area contributed by atoms with Gasteiger partial charge in [-0.3, -0.25) is 14.7 Å². The summed E-state index contributed by atoms with van der Waals surface area (Å²) < 4.78 is 7.93. The average molecular weight is 406 g/mol. The minimum absolute atomic E-state index is 0.00962. The maximum Gasteiger partial charge on any atom is 0.238 e. The molecule has 1 amide bonds. The smallest absolute Gasteiger partial charge is 0.238 e. The summed E-state index contributed by atoms with van der Waals surface area (Å²) in [4.78, 5) is 23.1. The maximum absolute atomic E-state index is 12.5. The van der Waals surface area contributed by atoms with Gasteiger partial charge in [0.1, 0.15) is 17.3 Å². The molecule has 0 bridgehead atoms. The molecule has 2 aromatic heterocycles. The molecule has 1 aromatic carbocycles. The second kappa shape index (κ2) is 9.54. The molecule has 7 nitrogen and oxygen atoms in total. The third kappa shape index (κ3) is 5.45. The van der Waals surface area contributed by atoms with Crippen molar-refractivity contribution < 1.29 is 9.53 Å². The summed E-state index contributed by atoms with van der Waals surface area (Å²) in [6.07, 6.45) is 9.55. The van der Waals surface area contributed by atoms with Gasteiger partial charge in [0, 0.05) is 37.4 Å². The molecule has 1 aliphatic rings. The number of nitrogens with one attached hydrogen (secondary N) is 1. The van der Waals surface area contributed by atoms with Crippen LogP contribution < -0.4 is 10.1 Å². The number of pyridine rings is 1. The van der Waals surface area contributed by atoms with Crippen molar-refractivity contribution >= 4 is 11.6 Å². The number of aromatic nitrogens is 3. The molecule has 1 aliphatic heterocycles. The van der Waals surface area contributed by atoms with Crippen molar-refractivity contribution in [3.63, 3.8) is 0 Å². The predicted molar refractivity (Wildman–Crippen MR) is 116 cm³/mol.